The van der Waals surface area contributed by atoms with Gasteiger partial charge in [-0.3, -0.25) is 0 Å². The number of azide groups is 1. The van der Waals surface area contributed by atoms with Crippen molar-refractivity contribution in [1.82, 2.24) is 0 Å². The van der Waals surface area contributed by atoms with E-state index in [0.29, 0.717) is 5.75 Å². The van der Waals surface area contributed by atoms with E-state index in [1.807, 2.05) is 0 Å². The van der Waals surface area contributed by atoms with Crippen LogP contribution in [0, 0.1) is 0 Å². The molecular weight excluding hydrogens is 262 g/mol. The van der Waals surface area contributed by atoms with E-state index >= 15 is 0 Å². The fourth-order valence-corrected chi connectivity index (χ4v) is 1.72. The van der Waals surface area contributed by atoms with Crippen LogP contribution in [0.15, 0.2) is 27.8 Å². The van der Waals surface area contributed by atoms with Gasteiger partial charge in [0.25, 0.3) is 0 Å². The summed E-state index contributed by atoms with van der Waals surface area (Å²) < 4.78 is 5.82. The molecule has 1 N–H and O–H groups in total. The van der Waals surface area contributed by atoms with Crippen LogP contribution in [0.25, 0.3) is 10.4 Å². The highest BCUT2D eigenvalue weighted by molar-refractivity contribution is 9.10. The van der Waals surface area contributed by atoms with Crippen LogP contribution >= 0.6 is 15.9 Å². The minimum Gasteiger partial charge on any atom is -0.496 e. The fraction of sp³-hybridized carbons (Fsp3) is 0.333. The maximum absolute atomic E-state index is 9.02. The van der Waals surface area contributed by atoms with E-state index in [-0.39, 0.29) is 6.61 Å². The summed E-state index contributed by atoms with van der Waals surface area (Å²) >= 11 is 3.31. The van der Waals surface area contributed by atoms with Gasteiger partial charge in [-0.05, 0) is 39.2 Å². The third kappa shape index (κ3) is 2.86. The maximum atomic E-state index is 9.02. The molecule has 0 radical (unpaired) electrons. The molecule has 5 nitrogen and oxygen atoms in total. The van der Waals surface area contributed by atoms with Crippen molar-refractivity contribution in [3.8, 4) is 5.75 Å². The zero-order valence-electron chi connectivity index (χ0n) is 8.09. The minimum absolute atomic E-state index is 0.219. The van der Waals surface area contributed by atoms with Crippen molar-refractivity contribution in [3.63, 3.8) is 0 Å². The topological polar surface area (TPSA) is 78.2 Å². The van der Waals surface area contributed by atoms with Gasteiger partial charge >= 0.3 is 0 Å². The normalized spacial score (nSPS) is 11.7. The van der Waals surface area contributed by atoms with E-state index in [1.165, 1.54) is 0 Å². The molecule has 1 aromatic rings. The Labute approximate surface area is 95.4 Å². The van der Waals surface area contributed by atoms with Crippen LogP contribution in [-0.2, 0) is 0 Å². The lowest BCUT2D eigenvalue weighted by Crippen LogP contribution is -2.00. The first-order valence-corrected chi connectivity index (χ1v) is 5.00. The lowest BCUT2D eigenvalue weighted by molar-refractivity contribution is 0.268. The minimum atomic E-state index is -0.558. The molecule has 1 unspecified atom stereocenters. The zero-order chi connectivity index (χ0) is 11.3. The van der Waals surface area contributed by atoms with Crippen molar-refractivity contribution in [2.24, 2.45) is 5.11 Å². The Morgan fingerprint density at radius 3 is 2.87 bits per heavy atom. The molecule has 0 aromatic heterocycles. The highest BCUT2D eigenvalue weighted by Gasteiger charge is 2.10. The Bertz CT molecular complexity index is 391. The first kappa shape index (κ1) is 11.8. The lowest BCUT2D eigenvalue weighted by Gasteiger charge is -2.10. The van der Waals surface area contributed by atoms with Gasteiger partial charge in [-0.2, -0.15) is 0 Å². The Hall–Kier alpha value is -1.23. The summed E-state index contributed by atoms with van der Waals surface area (Å²) in [6.45, 7) is -0.219. The number of methoxy groups -OCH3 is 1. The van der Waals surface area contributed by atoms with Gasteiger partial charge in [0, 0.05) is 4.91 Å². The molecule has 1 aromatic carbocycles. The molecule has 0 aliphatic heterocycles. The molecule has 0 saturated heterocycles. The van der Waals surface area contributed by atoms with E-state index in [1.54, 1.807) is 25.3 Å². The first-order chi connectivity index (χ1) is 7.22. The number of aliphatic hydroxyl groups is 1. The van der Waals surface area contributed by atoms with Gasteiger partial charge in [-0.1, -0.05) is 11.2 Å². The first-order valence-electron chi connectivity index (χ1n) is 4.21. The molecule has 0 aliphatic carbocycles. The second kappa shape index (κ2) is 5.60. The predicted molar refractivity (Wildman–Crippen MR) is 59.7 cm³/mol. The summed E-state index contributed by atoms with van der Waals surface area (Å²) in [5.41, 5.74) is 9.05. The van der Waals surface area contributed by atoms with Crippen molar-refractivity contribution in [3.05, 3.63) is 38.7 Å². The second-order valence-electron chi connectivity index (χ2n) is 2.80. The van der Waals surface area contributed by atoms with Gasteiger partial charge in [0.1, 0.15) is 5.75 Å². The van der Waals surface area contributed by atoms with Crippen LogP contribution in [0.5, 0.6) is 5.75 Å². The molecule has 80 valence electrons. The average molecular weight is 272 g/mol. The number of benzene rings is 1. The molecular formula is C9H10BrN3O2. The summed E-state index contributed by atoms with van der Waals surface area (Å²) in [4.78, 5) is 2.67. The molecule has 0 spiro atoms. The monoisotopic (exact) mass is 271 g/mol. The maximum Gasteiger partial charge on any atom is 0.133 e. The van der Waals surface area contributed by atoms with Crippen LogP contribution in [0.3, 0.4) is 0 Å². The number of aliphatic hydroxyl groups excluding tert-OH is 1. The lowest BCUT2D eigenvalue weighted by atomic mass is 10.1. The molecule has 0 bridgehead atoms. The second-order valence-corrected chi connectivity index (χ2v) is 3.65. The van der Waals surface area contributed by atoms with Gasteiger partial charge in [-0.25, -0.2) is 0 Å². The van der Waals surface area contributed by atoms with E-state index < -0.39 is 6.04 Å². The molecule has 1 rings (SSSR count). The number of hydrogen-bond acceptors (Lipinski definition) is 3. The average Bonchev–Trinajstić information content (AvgIpc) is 2.25. The van der Waals surface area contributed by atoms with E-state index in [4.69, 9.17) is 15.4 Å². The van der Waals surface area contributed by atoms with Crippen LogP contribution in [0.4, 0.5) is 0 Å². The Morgan fingerprint density at radius 2 is 2.40 bits per heavy atom. The van der Waals surface area contributed by atoms with Gasteiger partial charge in [0.05, 0.1) is 24.2 Å². The van der Waals surface area contributed by atoms with Gasteiger partial charge in [0.2, 0.25) is 0 Å². The van der Waals surface area contributed by atoms with Crippen molar-refractivity contribution in [2.75, 3.05) is 13.7 Å². The number of halogens is 1. The number of hydrogen-bond donors (Lipinski definition) is 1. The molecule has 0 aliphatic rings. The van der Waals surface area contributed by atoms with E-state index in [0.717, 1.165) is 10.0 Å². The largest absolute Gasteiger partial charge is 0.496 e. The van der Waals surface area contributed by atoms with Crippen molar-refractivity contribution in [2.45, 2.75) is 6.04 Å². The van der Waals surface area contributed by atoms with Gasteiger partial charge in [-0.15, -0.1) is 0 Å². The molecule has 0 amide bonds. The van der Waals surface area contributed by atoms with Crippen LogP contribution in [0.2, 0.25) is 0 Å². The molecule has 0 heterocycles. The van der Waals surface area contributed by atoms with Crippen molar-refractivity contribution >= 4 is 15.9 Å². The molecule has 0 fully saturated rings. The van der Waals surface area contributed by atoms with Crippen molar-refractivity contribution in [1.29, 1.82) is 0 Å². The fourth-order valence-electron chi connectivity index (χ4n) is 1.16. The van der Waals surface area contributed by atoms with Gasteiger partial charge in [0.15, 0.2) is 0 Å². The standard InChI is InChI=1S/C9H10BrN3O2/c1-15-9-3-2-6(4-7(9)10)8(5-14)12-13-11/h2-4,8,14H,5H2,1H3. The number of rotatable bonds is 4. The summed E-state index contributed by atoms with van der Waals surface area (Å²) in [5, 5.41) is 12.5. The van der Waals surface area contributed by atoms with Gasteiger partial charge < -0.3 is 9.84 Å². The van der Waals surface area contributed by atoms with Crippen LogP contribution < -0.4 is 4.74 Å². The van der Waals surface area contributed by atoms with Crippen molar-refractivity contribution < 1.29 is 9.84 Å². The summed E-state index contributed by atoms with van der Waals surface area (Å²) in [5.74, 6) is 0.691. The predicted octanol–water partition coefficient (Wildman–Crippen LogP) is 2.80. The van der Waals surface area contributed by atoms with E-state index in [2.05, 4.69) is 26.0 Å². The third-order valence-corrected chi connectivity index (χ3v) is 2.54. The molecule has 6 heteroatoms. The Balaban J connectivity index is 3.04. The smallest absolute Gasteiger partial charge is 0.133 e. The van der Waals surface area contributed by atoms with Crippen LogP contribution in [-0.4, -0.2) is 18.8 Å². The third-order valence-electron chi connectivity index (χ3n) is 1.92. The zero-order valence-corrected chi connectivity index (χ0v) is 9.68. The number of nitrogens with zero attached hydrogens (tertiary/aromatic N) is 3. The summed E-state index contributed by atoms with van der Waals surface area (Å²) in [6, 6.07) is 4.69. The highest BCUT2D eigenvalue weighted by atomic mass is 79.9. The summed E-state index contributed by atoms with van der Waals surface area (Å²) in [6.07, 6.45) is 0. The Morgan fingerprint density at radius 1 is 1.67 bits per heavy atom. The molecule has 1 atom stereocenters. The highest BCUT2D eigenvalue weighted by Crippen LogP contribution is 2.29. The number of ether oxygens (including phenoxy) is 1. The Kier molecular flexibility index (Phi) is 4.42. The quantitative estimate of drug-likeness (QED) is 0.519. The SMILES string of the molecule is COc1ccc(C(CO)N=[N+]=[N-])cc1Br. The summed E-state index contributed by atoms with van der Waals surface area (Å²) in [7, 11) is 1.57. The van der Waals surface area contributed by atoms with E-state index in [9.17, 15) is 0 Å². The van der Waals surface area contributed by atoms with Crippen LogP contribution in [0.1, 0.15) is 11.6 Å². The molecule has 0 saturated carbocycles. The molecule has 15 heavy (non-hydrogen) atoms.